The van der Waals surface area contributed by atoms with Gasteiger partial charge in [0.2, 0.25) is 5.95 Å². The van der Waals surface area contributed by atoms with Crippen molar-refractivity contribution in [1.29, 1.82) is 0 Å². The molecule has 2 rings (SSSR count). The zero-order valence-electron chi connectivity index (χ0n) is 11.4. The van der Waals surface area contributed by atoms with E-state index in [4.69, 9.17) is 4.74 Å². The summed E-state index contributed by atoms with van der Waals surface area (Å²) in [5, 5.41) is 14.1. The second kappa shape index (κ2) is 8.00. The molecule has 7 nitrogen and oxygen atoms in total. The average Bonchev–Trinajstić information content (AvgIpc) is 2.51. The fraction of sp³-hybridized carbons (Fsp3) is 0.385. The van der Waals surface area contributed by atoms with Gasteiger partial charge in [-0.05, 0) is 24.1 Å². The number of methoxy groups -OCH3 is 1. The number of ether oxygens (including phenoxy) is 1. The summed E-state index contributed by atoms with van der Waals surface area (Å²) >= 11 is 0. The number of nitrogens with one attached hydrogen (secondary N) is 2. The average molecular weight is 274 g/mol. The fourth-order valence-corrected chi connectivity index (χ4v) is 1.57. The van der Waals surface area contributed by atoms with Gasteiger partial charge in [0, 0.05) is 39.2 Å². The smallest absolute Gasteiger partial charge is 0.244 e. The maximum absolute atomic E-state index is 4.98. The predicted octanol–water partition coefficient (Wildman–Crippen LogP) is 1.33. The van der Waals surface area contributed by atoms with Crippen LogP contribution in [0.25, 0.3) is 0 Å². The van der Waals surface area contributed by atoms with E-state index in [9.17, 15) is 0 Å². The number of aromatic nitrogens is 4. The van der Waals surface area contributed by atoms with E-state index in [0.717, 1.165) is 18.5 Å². The zero-order chi connectivity index (χ0) is 14.0. The van der Waals surface area contributed by atoms with Crippen LogP contribution in [0.2, 0.25) is 0 Å². The van der Waals surface area contributed by atoms with E-state index < -0.39 is 0 Å². The molecule has 0 unspecified atom stereocenters. The van der Waals surface area contributed by atoms with Crippen molar-refractivity contribution < 1.29 is 4.74 Å². The summed E-state index contributed by atoms with van der Waals surface area (Å²) in [5.74, 6) is 1.20. The van der Waals surface area contributed by atoms with Crippen molar-refractivity contribution in [3.05, 3.63) is 36.3 Å². The molecule has 2 aromatic heterocycles. The van der Waals surface area contributed by atoms with Crippen molar-refractivity contribution in [2.45, 2.75) is 13.0 Å². The van der Waals surface area contributed by atoms with E-state index in [0.29, 0.717) is 24.9 Å². The molecule has 2 heterocycles. The van der Waals surface area contributed by atoms with E-state index in [2.05, 4.69) is 30.8 Å². The number of hydrogen-bond acceptors (Lipinski definition) is 7. The minimum atomic E-state index is 0.515. The standard InChI is InChI=1S/C13H18N6O/c1-20-8-2-5-15-13-18-12(10-17-19-13)16-9-11-3-6-14-7-4-11/h3-4,6-7,10H,2,5,8-9H2,1H3,(H2,15,16,18,19). The van der Waals surface area contributed by atoms with Crippen molar-refractivity contribution in [3.8, 4) is 0 Å². The molecule has 0 saturated heterocycles. The molecule has 0 aliphatic heterocycles. The van der Waals surface area contributed by atoms with Gasteiger partial charge in [0.1, 0.15) is 0 Å². The van der Waals surface area contributed by atoms with E-state index >= 15 is 0 Å². The normalized spacial score (nSPS) is 10.2. The summed E-state index contributed by atoms with van der Waals surface area (Å²) in [4.78, 5) is 8.31. The molecule has 0 spiro atoms. The van der Waals surface area contributed by atoms with Gasteiger partial charge in [-0.2, -0.15) is 10.1 Å². The van der Waals surface area contributed by atoms with Crippen LogP contribution in [0.1, 0.15) is 12.0 Å². The van der Waals surface area contributed by atoms with Crippen LogP contribution in [0.3, 0.4) is 0 Å². The van der Waals surface area contributed by atoms with Crippen LogP contribution in [0.4, 0.5) is 11.8 Å². The first-order valence-corrected chi connectivity index (χ1v) is 6.44. The van der Waals surface area contributed by atoms with Gasteiger partial charge in [0.25, 0.3) is 0 Å². The van der Waals surface area contributed by atoms with Crippen molar-refractivity contribution >= 4 is 11.8 Å². The Morgan fingerprint density at radius 1 is 1.20 bits per heavy atom. The lowest BCUT2D eigenvalue weighted by atomic mass is 10.3. The fourth-order valence-electron chi connectivity index (χ4n) is 1.57. The highest BCUT2D eigenvalue weighted by Crippen LogP contribution is 2.06. The predicted molar refractivity (Wildman–Crippen MR) is 76.4 cm³/mol. The minimum Gasteiger partial charge on any atom is -0.385 e. The van der Waals surface area contributed by atoms with Crippen LogP contribution in [-0.4, -0.2) is 40.4 Å². The lowest BCUT2D eigenvalue weighted by molar-refractivity contribution is 0.197. The molecule has 0 saturated carbocycles. The van der Waals surface area contributed by atoms with E-state index in [1.807, 2.05) is 12.1 Å². The summed E-state index contributed by atoms with van der Waals surface area (Å²) in [5.41, 5.74) is 1.13. The largest absolute Gasteiger partial charge is 0.385 e. The van der Waals surface area contributed by atoms with Gasteiger partial charge in [0.15, 0.2) is 5.82 Å². The molecule has 0 radical (unpaired) electrons. The summed E-state index contributed by atoms with van der Waals surface area (Å²) < 4.78 is 4.98. The highest BCUT2D eigenvalue weighted by atomic mass is 16.5. The molecule has 106 valence electrons. The number of rotatable bonds is 8. The third kappa shape index (κ3) is 4.77. The molecule has 0 aliphatic carbocycles. The summed E-state index contributed by atoms with van der Waals surface area (Å²) in [6, 6.07) is 3.90. The van der Waals surface area contributed by atoms with Gasteiger partial charge in [-0.15, -0.1) is 5.10 Å². The molecule has 0 atom stereocenters. The first-order chi connectivity index (χ1) is 9.88. The maximum atomic E-state index is 4.98. The van der Waals surface area contributed by atoms with Crippen LogP contribution < -0.4 is 10.6 Å². The molecular formula is C13H18N6O. The Hall–Kier alpha value is -2.28. The van der Waals surface area contributed by atoms with E-state index in [-0.39, 0.29) is 0 Å². The number of pyridine rings is 1. The highest BCUT2D eigenvalue weighted by molar-refractivity contribution is 5.37. The number of hydrogen-bond donors (Lipinski definition) is 2. The zero-order valence-corrected chi connectivity index (χ0v) is 11.4. The Kier molecular flexibility index (Phi) is 5.66. The second-order valence-corrected chi connectivity index (χ2v) is 4.15. The van der Waals surface area contributed by atoms with Crippen LogP contribution >= 0.6 is 0 Å². The molecule has 0 aliphatic rings. The topological polar surface area (TPSA) is 84.9 Å². The quantitative estimate of drug-likeness (QED) is 0.702. The molecule has 2 N–H and O–H groups in total. The van der Waals surface area contributed by atoms with Crippen molar-refractivity contribution in [1.82, 2.24) is 20.2 Å². The van der Waals surface area contributed by atoms with Gasteiger partial charge >= 0.3 is 0 Å². The molecule has 0 fully saturated rings. The van der Waals surface area contributed by atoms with Crippen LogP contribution in [-0.2, 0) is 11.3 Å². The molecule has 0 bridgehead atoms. The summed E-state index contributed by atoms with van der Waals surface area (Å²) in [6.45, 7) is 2.13. The number of nitrogens with zero attached hydrogens (tertiary/aromatic N) is 4. The van der Waals surface area contributed by atoms with E-state index in [1.165, 1.54) is 0 Å². The van der Waals surface area contributed by atoms with Crippen molar-refractivity contribution in [3.63, 3.8) is 0 Å². The molecule has 7 heteroatoms. The van der Waals surface area contributed by atoms with Crippen LogP contribution in [0.15, 0.2) is 30.7 Å². The molecule has 20 heavy (non-hydrogen) atoms. The lowest BCUT2D eigenvalue weighted by Crippen LogP contribution is -2.10. The molecule has 0 aromatic carbocycles. The highest BCUT2D eigenvalue weighted by Gasteiger charge is 2.00. The monoisotopic (exact) mass is 274 g/mol. The second-order valence-electron chi connectivity index (χ2n) is 4.15. The number of anilines is 2. The van der Waals surface area contributed by atoms with Crippen LogP contribution in [0.5, 0.6) is 0 Å². The Labute approximate surface area is 117 Å². The third-order valence-electron chi connectivity index (χ3n) is 2.59. The summed E-state index contributed by atoms with van der Waals surface area (Å²) in [7, 11) is 1.68. The SMILES string of the molecule is COCCCNc1nncc(NCc2ccncc2)n1. The maximum Gasteiger partial charge on any atom is 0.244 e. The lowest BCUT2D eigenvalue weighted by Gasteiger charge is -2.07. The van der Waals surface area contributed by atoms with Crippen LogP contribution in [0, 0.1) is 0 Å². The Bertz CT molecular complexity index is 507. The van der Waals surface area contributed by atoms with Gasteiger partial charge < -0.3 is 15.4 Å². The molecule has 0 amide bonds. The Morgan fingerprint density at radius 3 is 2.85 bits per heavy atom. The Balaban J connectivity index is 1.83. The minimum absolute atomic E-state index is 0.515. The molecular weight excluding hydrogens is 256 g/mol. The first kappa shape index (κ1) is 14.1. The molecule has 2 aromatic rings. The van der Waals surface area contributed by atoms with Gasteiger partial charge in [-0.3, -0.25) is 4.98 Å². The van der Waals surface area contributed by atoms with Crippen molar-refractivity contribution in [2.24, 2.45) is 0 Å². The third-order valence-corrected chi connectivity index (χ3v) is 2.59. The van der Waals surface area contributed by atoms with Gasteiger partial charge in [-0.25, -0.2) is 0 Å². The van der Waals surface area contributed by atoms with Gasteiger partial charge in [-0.1, -0.05) is 0 Å². The Morgan fingerprint density at radius 2 is 2.05 bits per heavy atom. The van der Waals surface area contributed by atoms with E-state index in [1.54, 1.807) is 25.7 Å². The first-order valence-electron chi connectivity index (χ1n) is 6.44. The summed E-state index contributed by atoms with van der Waals surface area (Å²) in [6.07, 6.45) is 6.02. The van der Waals surface area contributed by atoms with Crippen molar-refractivity contribution in [2.75, 3.05) is 30.9 Å². The van der Waals surface area contributed by atoms with Gasteiger partial charge in [0.05, 0.1) is 6.20 Å².